The Morgan fingerprint density at radius 1 is 1.42 bits per heavy atom. The third-order valence-corrected chi connectivity index (χ3v) is 4.29. The largest absolute Gasteiger partial charge is 0.497 e. The number of methoxy groups -OCH3 is 1. The molecule has 4 heteroatoms. The van der Waals surface area contributed by atoms with Gasteiger partial charge in [-0.2, -0.15) is 0 Å². The summed E-state index contributed by atoms with van der Waals surface area (Å²) in [5.74, 6) is 0.841. The van der Waals surface area contributed by atoms with Gasteiger partial charge in [0.1, 0.15) is 5.75 Å². The number of benzene rings is 1. The molecule has 0 aliphatic carbocycles. The van der Waals surface area contributed by atoms with E-state index >= 15 is 0 Å². The molecule has 24 heavy (non-hydrogen) atoms. The SMILES string of the molecule is CC/C(C)=C\c1ccnc2c(NC(C)CCCN)cc(OC)cc12. The zero-order valence-corrected chi connectivity index (χ0v) is 15.2. The molecular formula is C20H29N3O. The lowest BCUT2D eigenvalue weighted by Gasteiger charge is -2.18. The van der Waals surface area contributed by atoms with Gasteiger partial charge in [0, 0.05) is 23.7 Å². The van der Waals surface area contributed by atoms with Crippen molar-refractivity contribution >= 4 is 22.7 Å². The number of pyridine rings is 1. The molecule has 1 atom stereocenters. The minimum atomic E-state index is 0.335. The second-order valence-electron chi connectivity index (χ2n) is 6.29. The Hall–Kier alpha value is -2.07. The fraction of sp³-hybridized carbons (Fsp3) is 0.450. The molecule has 0 spiro atoms. The lowest BCUT2D eigenvalue weighted by atomic mass is 10.0. The van der Waals surface area contributed by atoms with Crippen LogP contribution in [-0.4, -0.2) is 24.7 Å². The second kappa shape index (κ2) is 8.69. The predicted octanol–water partition coefficient (Wildman–Crippen LogP) is 4.60. The van der Waals surface area contributed by atoms with Crippen LogP contribution in [0.4, 0.5) is 5.69 Å². The molecule has 0 aliphatic heterocycles. The molecule has 1 aromatic carbocycles. The van der Waals surface area contributed by atoms with Gasteiger partial charge in [0.25, 0.3) is 0 Å². The number of nitrogens with one attached hydrogen (secondary N) is 1. The monoisotopic (exact) mass is 327 g/mol. The van der Waals surface area contributed by atoms with Crippen LogP contribution >= 0.6 is 0 Å². The van der Waals surface area contributed by atoms with Crippen LogP contribution < -0.4 is 15.8 Å². The summed E-state index contributed by atoms with van der Waals surface area (Å²) >= 11 is 0. The lowest BCUT2D eigenvalue weighted by Crippen LogP contribution is -2.17. The Balaban J connectivity index is 2.49. The average molecular weight is 327 g/mol. The van der Waals surface area contributed by atoms with E-state index in [1.165, 1.54) is 11.1 Å². The van der Waals surface area contributed by atoms with E-state index in [2.05, 4.69) is 49.3 Å². The number of fused-ring (bicyclic) bond motifs is 1. The number of anilines is 1. The van der Waals surface area contributed by atoms with E-state index in [0.29, 0.717) is 12.6 Å². The first kappa shape index (κ1) is 18.3. The van der Waals surface area contributed by atoms with Gasteiger partial charge in [-0.1, -0.05) is 18.6 Å². The van der Waals surface area contributed by atoms with E-state index in [0.717, 1.165) is 41.6 Å². The Morgan fingerprint density at radius 3 is 2.88 bits per heavy atom. The zero-order valence-electron chi connectivity index (χ0n) is 15.2. The molecule has 1 heterocycles. The molecule has 2 rings (SSSR count). The van der Waals surface area contributed by atoms with Crippen LogP contribution in [0.2, 0.25) is 0 Å². The molecule has 0 saturated heterocycles. The maximum Gasteiger partial charge on any atom is 0.121 e. The molecule has 0 bridgehead atoms. The first-order chi connectivity index (χ1) is 11.6. The van der Waals surface area contributed by atoms with Crippen molar-refractivity contribution in [2.24, 2.45) is 5.73 Å². The van der Waals surface area contributed by atoms with Gasteiger partial charge in [0.05, 0.1) is 18.3 Å². The molecule has 0 saturated carbocycles. The number of hydrogen-bond donors (Lipinski definition) is 2. The van der Waals surface area contributed by atoms with Crippen molar-refractivity contribution < 1.29 is 4.74 Å². The quantitative estimate of drug-likeness (QED) is 0.744. The molecule has 0 aliphatic rings. The fourth-order valence-electron chi connectivity index (χ4n) is 2.73. The maximum atomic E-state index is 5.62. The van der Waals surface area contributed by atoms with Crippen LogP contribution in [0.3, 0.4) is 0 Å². The second-order valence-corrected chi connectivity index (χ2v) is 6.29. The highest BCUT2D eigenvalue weighted by atomic mass is 16.5. The smallest absolute Gasteiger partial charge is 0.121 e. The number of allylic oxidation sites excluding steroid dienone is 1. The topological polar surface area (TPSA) is 60.2 Å². The van der Waals surface area contributed by atoms with Gasteiger partial charge in [-0.15, -0.1) is 0 Å². The summed E-state index contributed by atoms with van der Waals surface area (Å²) in [4.78, 5) is 4.61. The molecule has 1 unspecified atom stereocenters. The van der Waals surface area contributed by atoms with Gasteiger partial charge in [-0.3, -0.25) is 4.98 Å². The van der Waals surface area contributed by atoms with Crippen LogP contribution in [0.5, 0.6) is 5.75 Å². The van der Waals surface area contributed by atoms with Crippen molar-refractivity contribution in [3.63, 3.8) is 0 Å². The van der Waals surface area contributed by atoms with Crippen LogP contribution in [0.1, 0.15) is 45.6 Å². The van der Waals surface area contributed by atoms with Gasteiger partial charge in [0.2, 0.25) is 0 Å². The molecule has 0 fully saturated rings. The highest BCUT2D eigenvalue weighted by Crippen LogP contribution is 2.31. The number of rotatable bonds is 8. The number of nitrogens with zero attached hydrogens (tertiary/aromatic N) is 1. The highest BCUT2D eigenvalue weighted by Gasteiger charge is 2.11. The summed E-state index contributed by atoms with van der Waals surface area (Å²) in [6, 6.07) is 6.48. The van der Waals surface area contributed by atoms with E-state index in [4.69, 9.17) is 10.5 Å². The normalized spacial score (nSPS) is 13.1. The molecule has 130 valence electrons. The van der Waals surface area contributed by atoms with Crippen LogP contribution in [0.25, 0.3) is 17.0 Å². The maximum absolute atomic E-state index is 5.62. The number of ether oxygens (including phenoxy) is 1. The molecule has 2 aromatic rings. The predicted molar refractivity (Wildman–Crippen MR) is 104 cm³/mol. The van der Waals surface area contributed by atoms with Crippen LogP contribution in [-0.2, 0) is 0 Å². The van der Waals surface area contributed by atoms with Gasteiger partial charge in [0.15, 0.2) is 0 Å². The Kier molecular flexibility index (Phi) is 6.62. The van der Waals surface area contributed by atoms with Crippen molar-refractivity contribution in [2.45, 2.75) is 46.1 Å². The van der Waals surface area contributed by atoms with E-state index in [1.54, 1.807) is 7.11 Å². The summed E-state index contributed by atoms with van der Waals surface area (Å²) in [5, 5.41) is 4.68. The van der Waals surface area contributed by atoms with Crippen molar-refractivity contribution in [1.29, 1.82) is 0 Å². The third kappa shape index (κ3) is 4.48. The average Bonchev–Trinajstić information content (AvgIpc) is 2.60. The van der Waals surface area contributed by atoms with Crippen molar-refractivity contribution in [3.05, 3.63) is 35.5 Å². The number of hydrogen-bond acceptors (Lipinski definition) is 4. The molecule has 1 aromatic heterocycles. The summed E-state index contributed by atoms with van der Waals surface area (Å²) < 4.78 is 5.50. The van der Waals surface area contributed by atoms with E-state index in [-0.39, 0.29) is 0 Å². The lowest BCUT2D eigenvalue weighted by molar-refractivity contribution is 0.415. The number of aromatic nitrogens is 1. The Morgan fingerprint density at radius 2 is 2.21 bits per heavy atom. The summed E-state index contributed by atoms with van der Waals surface area (Å²) in [7, 11) is 1.70. The van der Waals surface area contributed by atoms with Crippen LogP contribution in [0, 0.1) is 0 Å². The zero-order chi connectivity index (χ0) is 17.5. The molecular weight excluding hydrogens is 298 g/mol. The van der Waals surface area contributed by atoms with Crippen molar-refractivity contribution in [3.8, 4) is 5.75 Å². The minimum Gasteiger partial charge on any atom is -0.497 e. The van der Waals surface area contributed by atoms with Gasteiger partial charge >= 0.3 is 0 Å². The molecule has 0 amide bonds. The Labute approximate surface area is 145 Å². The van der Waals surface area contributed by atoms with E-state index in [1.807, 2.05) is 12.3 Å². The molecule has 0 radical (unpaired) electrons. The molecule has 4 nitrogen and oxygen atoms in total. The first-order valence-corrected chi connectivity index (χ1v) is 8.69. The molecule has 3 N–H and O–H groups in total. The van der Waals surface area contributed by atoms with Gasteiger partial charge in [-0.05, 0) is 57.4 Å². The Bertz CT molecular complexity index is 709. The summed E-state index contributed by atoms with van der Waals surface area (Å²) in [5.41, 5.74) is 10.1. The van der Waals surface area contributed by atoms with E-state index < -0.39 is 0 Å². The highest BCUT2D eigenvalue weighted by molar-refractivity contribution is 5.97. The number of nitrogens with two attached hydrogens (primary N) is 1. The summed E-state index contributed by atoms with van der Waals surface area (Å²) in [6.07, 6.45) is 7.18. The van der Waals surface area contributed by atoms with Gasteiger partial charge in [-0.25, -0.2) is 0 Å². The van der Waals surface area contributed by atoms with Crippen molar-refractivity contribution in [2.75, 3.05) is 19.0 Å². The van der Waals surface area contributed by atoms with E-state index in [9.17, 15) is 0 Å². The minimum absolute atomic E-state index is 0.335. The van der Waals surface area contributed by atoms with Crippen molar-refractivity contribution in [1.82, 2.24) is 4.98 Å². The first-order valence-electron chi connectivity index (χ1n) is 8.69. The van der Waals surface area contributed by atoms with Gasteiger partial charge < -0.3 is 15.8 Å². The third-order valence-electron chi connectivity index (χ3n) is 4.29. The van der Waals surface area contributed by atoms with Crippen LogP contribution in [0.15, 0.2) is 30.0 Å². The fourth-order valence-corrected chi connectivity index (χ4v) is 2.73. The standard InChI is InChI=1S/C20H29N3O/c1-5-14(2)11-16-8-10-22-20-18(16)12-17(24-4)13-19(20)23-15(3)7-6-9-21/h8,10-13,15,23H,5-7,9,21H2,1-4H3/b14-11-. The summed E-state index contributed by atoms with van der Waals surface area (Å²) in [6.45, 7) is 7.21.